The van der Waals surface area contributed by atoms with Crippen LogP contribution in [0.4, 0.5) is 0 Å². The van der Waals surface area contributed by atoms with Crippen LogP contribution in [0.25, 0.3) is 0 Å². The van der Waals surface area contributed by atoms with Gasteiger partial charge in [-0.3, -0.25) is 4.79 Å². The number of aromatic nitrogens is 1. The van der Waals surface area contributed by atoms with Crippen LogP contribution < -0.4 is 4.74 Å². The number of carbonyl (C=O) groups is 1. The number of hydrogen-bond donors (Lipinski definition) is 0. The molecule has 2 heterocycles. The summed E-state index contributed by atoms with van der Waals surface area (Å²) in [5.74, 6) is 3.19. The van der Waals surface area contributed by atoms with Gasteiger partial charge in [0, 0.05) is 12.6 Å². The highest BCUT2D eigenvalue weighted by molar-refractivity contribution is 6.11. The van der Waals surface area contributed by atoms with E-state index in [1.54, 1.807) is 4.57 Å². The van der Waals surface area contributed by atoms with Crippen LogP contribution >= 0.6 is 0 Å². The average molecular weight is 251 g/mol. The quantitative estimate of drug-likeness (QED) is 0.673. The molecule has 0 saturated heterocycles. The highest BCUT2D eigenvalue weighted by atomic mass is 16.5. The van der Waals surface area contributed by atoms with Crippen LogP contribution in [0.3, 0.4) is 0 Å². The molecule has 19 heavy (non-hydrogen) atoms. The summed E-state index contributed by atoms with van der Waals surface area (Å²) in [7, 11) is 1.81. The number of benzene rings is 1. The summed E-state index contributed by atoms with van der Waals surface area (Å²) >= 11 is 0. The first-order chi connectivity index (χ1) is 9.11. The van der Waals surface area contributed by atoms with E-state index in [1.165, 1.54) is 0 Å². The van der Waals surface area contributed by atoms with Crippen LogP contribution in [-0.2, 0) is 13.7 Å². The number of hydrogen-bond acceptors (Lipinski definition) is 2. The highest BCUT2D eigenvalue weighted by Gasteiger charge is 2.26. The summed E-state index contributed by atoms with van der Waals surface area (Å²) in [4.78, 5) is 12.6. The molecule has 1 aliphatic heterocycles. The largest absolute Gasteiger partial charge is 0.488 e. The van der Waals surface area contributed by atoms with Crippen molar-refractivity contribution in [3.8, 4) is 18.1 Å². The summed E-state index contributed by atoms with van der Waals surface area (Å²) in [5.41, 5.74) is 3.82. The van der Waals surface area contributed by atoms with Crippen molar-refractivity contribution in [3.63, 3.8) is 0 Å². The van der Waals surface area contributed by atoms with Crippen molar-refractivity contribution in [2.75, 3.05) is 0 Å². The first kappa shape index (κ1) is 11.6. The van der Waals surface area contributed by atoms with E-state index in [9.17, 15) is 4.79 Å². The van der Waals surface area contributed by atoms with E-state index in [1.807, 2.05) is 38.2 Å². The molecule has 1 aliphatic rings. The standard InChI is InChI=1S/C16H13NO2/c1-4-12-8-11-9-19-14-7-10(2)5-6-13(14)16(18)15(11)17(12)3/h1,5-8H,9H2,2-3H3. The molecule has 94 valence electrons. The summed E-state index contributed by atoms with van der Waals surface area (Å²) < 4.78 is 7.50. The third-order valence-electron chi connectivity index (χ3n) is 3.44. The lowest BCUT2D eigenvalue weighted by atomic mass is 10.0. The number of aryl methyl sites for hydroxylation is 1. The molecule has 0 radical (unpaired) electrons. The van der Waals surface area contributed by atoms with E-state index in [0.29, 0.717) is 29.3 Å². The minimum atomic E-state index is -0.0356. The Morgan fingerprint density at radius 2 is 2.16 bits per heavy atom. The van der Waals surface area contributed by atoms with Crippen molar-refractivity contribution in [2.45, 2.75) is 13.5 Å². The van der Waals surface area contributed by atoms with Crippen molar-refractivity contribution in [3.05, 3.63) is 52.3 Å². The Labute approximate surface area is 111 Å². The second-order valence-electron chi connectivity index (χ2n) is 4.72. The van der Waals surface area contributed by atoms with Crippen LogP contribution in [0.15, 0.2) is 24.3 Å². The molecule has 3 rings (SSSR count). The molecule has 0 saturated carbocycles. The zero-order valence-corrected chi connectivity index (χ0v) is 10.9. The topological polar surface area (TPSA) is 31.2 Å². The van der Waals surface area contributed by atoms with Gasteiger partial charge in [0.1, 0.15) is 12.4 Å². The molecular formula is C16H13NO2. The van der Waals surface area contributed by atoms with Crippen molar-refractivity contribution >= 4 is 5.78 Å². The maximum atomic E-state index is 12.6. The normalized spacial score (nSPS) is 13.0. The first-order valence-electron chi connectivity index (χ1n) is 6.05. The molecule has 0 aliphatic carbocycles. The molecule has 0 spiro atoms. The van der Waals surface area contributed by atoms with Crippen LogP contribution in [0.1, 0.15) is 32.9 Å². The maximum Gasteiger partial charge on any atom is 0.213 e. The number of ketones is 1. The molecule has 3 nitrogen and oxygen atoms in total. The van der Waals surface area contributed by atoms with Crippen LogP contribution in [0, 0.1) is 19.3 Å². The number of carbonyl (C=O) groups excluding carboxylic acids is 1. The van der Waals surface area contributed by atoms with Crippen molar-refractivity contribution in [1.82, 2.24) is 4.57 Å². The van der Waals surface area contributed by atoms with Gasteiger partial charge in [0.05, 0.1) is 17.0 Å². The minimum absolute atomic E-state index is 0.0356. The van der Waals surface area contributed by atoms with E-state index < -0.39 is 0 Å². The van der Waals surface area contributed by atoms with Crippen LogP contribution in [-0.4, -0.2) is 10.4 Å². The SMILES string of the molecule is C#Cc1cc2c(n1C)C(=O)c1ccc(C)cc1OC2. The van der Waals surface area contributed by atoms with E-state index in [0.717, 1.165) is 11.1 Å². The lowest BCUT2D eigenvalue weighted by Gasteiger charge is -2.07. The summed E-state index contributed by atoms with van der Waals surface area (Å²) in [6.45, 7) is 2.34. The lowest BCUT2D eigenvalue weighted by molar-refractivity contribution is 0.103. The molecule has 0 unspecified atom stereocenters. The second kappa shape index (κ2) is 4.03. The fourth-order valence-electron chi connectivity index (χ4n) is 2.43. The van der Waals surface area contributed by atoms with Gasteiger partial charge < -0.3 is 9.30 Å². The monoisotopic (exact) mass is 251 g/mol. The van der Waals surface area contributed by atoms with E-state index in [2.05, 4.69) is 5.92 Å². The smallest absolute Gasteiger partial charge is 0.213 e. The van der Waals surface area contributed by atoms with Crippen molar-refractivity contribution in [2.24, 2.45) is 7.05 Å². The Kier molecular flexibility index (Phi) is 2.46. The molecule has 1 aromatic heterocycles. The Hall–Kier alpha value is -2.47. The van der Waals surface area contributed by atoms with Crippen molar-refractivity contribution in [1.29, 1.82) is 0 Å². The predicted octanol–water partition coefficient (Wildman–Crippen LogP) is 2.44. The number of nitrogens with zero attached hydrogens (tertiary/aromatic N) is 1. The number of terminal acetylenes is 1. The highest BCUT2D eigenvalue weighted by Crippen LogP contribution is 2.30. The molecule has 0 N–H and O–H groups in total. The molecule has 0 bridgehead atoms. The van der Waals surface area contributed by atoms with E-state index in [-0.39, 0.29) is 5.78 Å². The van der Waals surface area contributed by atoms with Crippen molar-refractivity contribution < 1.29 is 9.53 Å². The minimum Gasteiger partial charge on any atom is -0.488 e. The van der Waals surface area contributed by atoms with Gasteiger partial charge in [-0.2, -0.15) is 0 Å². The molecule has 2 aromatic rings. The third-order valence-corrected chi connectivity index (χ3v) is 3.44. The van der Waals surface area contributed by atoms with Gasteiger partial charge in [0.15, 0.2) is 0 Å². The summed E-state index contributed by atoms with van der Waals surface area (Å²) in [5, 5.41) is 0. The van der Waals surface area contributed by atoms with Gasteiger partial charge >= 0.3 is 0 Å². The lowest BCUT2D eigenvalue weighted by Crippen LogP contribution is -2.09. The fraction of sp³-hybridized carbons (Fsp3) is 0.188. The van der Waals surface area contributed by atoms with Gasteiger partial charge in [0.2, 0.25) is 5.78 Å². The summed E-state index contributed by atoms with van der Waals surface area (Å²) in [6.07, 6.45) is 5.44. The Morgan fingerprint density at radius 3 is 2.89 bits per heavy atom. The van der Waals surface area contributed by atoms with Gasteiger partial charge in [-0.15, -0.1) is 6.42 Å². The van der Waals surface area contributed by atoms with Gasteiger partial charge in [-0.1, -0.05) is 12.0 Å². The zero-order valence-electron chi connectivity index (χ0n) is 10.9. The molecule has 0 amide bonds. The Morgan fingerprint density at radius 1 is 1.37 bits per heavy atom. The maximum absolute atomic E-state index is 12.6. The second-order valence-corrected chi connectivity index (χ2v) is 4.72. The van der Waals surface area contributed by atoms with E-state index in [4.69, 9.17) is 11.2 Å². The van der Waals surface area contributed by atoms with Crippen LogP contribution in [0.5, 0.6) is 5.75 Å². The molecule has 3 heteroatoms. The third kappa shape index (κ3) is 1.65. The molecule has 1 aromatic carbocycles. The average Bonchev–Trinajstić information content (AvgIpc) is 2.64. The Balaban J connectivity index is 2.23. The zero-order chi connectivity index (χ0) is 13.6. The fourth-order valence-corrected chi connectivity index (χ4v) is 2.43. The summed E-state index contributed by atoms with van der Waals surface area (Å²) in [6, 6.07) is 7.45. The number of fused-ring (bicyclic) bond motifs is 2. The number of rotatable bonds is 0. The van der Waals surface area contributed by atoms with Gasteiger partial charge in [-0.05, 0) is 30.7 Å². The number of ether oxygens (including phenoxy) is 1. The van der Waals surface area contributed by atoms with Gasteiger partial charge in [0.25, 0.3) is 0 Å². The molecule has 0 atom stereocenters. The molecule has 0 fully saturated rings. The van der Waals surface area contributed by atoms with Crippen LogP contribution in [0.2, 0.25) is 0 Å². The Bertz CT molecular complexity index is 732. The predicted molar refractivity (Wildman–Crippen MR) is 72.3 cm³/mol. The van der Waals surface area contributed by atoms with Gasteiger partial charge in [-0.25, -0.2) is 0 Å². The molecular weight excluding hydrogens is 238 g/mol. The first-order valence-corrected chi connectivity index (χ1v) is 6.05. The van der Waals surface area contributed by atoms with E-state index >= 15 is 0 Å².